The summed E-state index contributed by atoms with van der Waals surface area (Å²) in [7, 11) is -3.86. The molecule has 28 heavy (non-hydrogen) atoms. The van der Waals surface area contributed by atoms with Crippen LogP contribution in [-0.2, 0) is 29.1 Å². The number of hydrogen-bond acceptors (Lipinski definition) is 6. The third kappa shape index (κ3) is 5.11. The predicted molar refractivity (Wildman–Crippen MR) is 104 cm³/mol. The van der Waals surface area contributed by atoms with Crippen molar-refractivity contribution >= 4 is 22.0 Å². The SMILES string of the molecule is Cc1cc(C)c(S(=O)(=O)N2CCCC2C(=O)OCC(=O)OC(C)(C)C)c(C)c1. The molecule has 1 aliphatic rings. The molecule has 1 unspecified atom stereocenters. The van der Waals surface area contributed by atoms with Crippen molar-refractivity contribution in [3.05, 3.63) is 28.8 Å². The van der Waals surface area contributed by atoms with E-state index in [1.165, 1.54) is 4.31 Å². The summed E-state index contributed by atoms with van der Waals surface area (Å²) in [6, 6.07) is 2.69. The highest BCUT2D eigenvalue weighted by Gasteiger charge is 2.41. The van der Waals surface area contributed by atoms with Gasteiger partial charge < -0.3 is 9.47 Å². The van der Waals surface area contributed by atoms with E-state index in [1.54, 1.807) is 34.6 Å². The highest BCUT2D eigenvalue weighted by atomic mass is 32.2. The van der Waals surface area contributed by atoms with Gasteiger partial charge in [0.2, 0.25) is 10.0 Å². The fourth-order valence-corrected chi connectivity index (χ4v) is 5.61. The molecule has 1 atom stereocenters. The van der Waals surface area contributed by atoms with Crippen molar-refractivity contribution in [1.29, 1.82) is 0 Å². The van der Waals surface area contributed by atoms with Gasteiger partial charge in [0.25, 0.3) is 0 Å². The quantitative estimate of drug-likeness (QED) is 0.692. The summed E-state index contributed by atoms with van der Waals surface area (Å²) in [4.78, 5) is 24.5. The van der Waals surface area contributed by atoms with Crippen molar-refractivity contribution < 1.29 is 27.5 Å². The first kappa shape index (κ1) is 22.4. The standard InChI is InChI=1S/C20H29NO6S/c1-13-10-14(2)18(15(3)11-13)28(24,25)21-9-7-8-16(21)19(23)26-12-17(22)27-20(4,5)6/h10-11,16H,7-9,12H2,1-6H3. The zero-order valence-electron chi connectivity index (χ0n) is 17.4. The molecule has 1 aromatic rings. The molecule has 0 saturated carbocycles. The van der Waals surface area contributed by atoms with Crippen LogP contribution in [0.1, 0.15) is 50.3 Å². The van der Waals surface area contributed by atoms with Crippen LogP contribution in [0.4, 0.5) is 0 Å². The van der Waals surface area contributed by atoms with E-state index >= 15 is 0 Å². The molecule has 0 bridgehead atoms. The molecule has 1 fully saturated rings. The number of hydrogen-bond donors (Lipinski definition) is 0. The Morgan fingerprint density at radius 1 is 1.14 bits per heavy atom. The number of nitrogens with zero attached hydrogens (tertiary/aromatic N) is 1. The molecular weight excluding hydrogens is 382 g/mol. The van der Waals surface area contributed by atoms with Gasteiger partial charge in [0.15, 0.2) is 6.61 Å². The molecule has 0 aromatic heterocycles. The second-order valence-corrected chi connectivity index (χ2v) is 10.0. The van der Waals surface area contributed by atoms with Gasteiger partial charge in [-0.25, -0.2) is 13.2 Å². The molecule has 1 saturated heterocycles. The van der Waals surface area contributed by atoms with Gasteiger partial charge in [0.05, 0.1) is 4.90 Å². The van der Waals surface area contributed by atoms with E-state index in [0.29, 0.717) is 24.0 Å². The van der Waals surface area contributed by atoms with Crippen LogP contribution < -0.4 is 0 Å². The highest BCUT2D eigenvalue weighted by molar-refractivity contribution is 7.89. The maximum Gasteiger partial charge on any atom is 0.344 e. The first-order valence-corrected chi connectivity index (χ1v) is 10.7. The van der Waals surface area contributed by atoms with E-state index in [1.807, 2.05) is 19.1 Å². The lowest BCUT2D eigenvalue weighted by Gasteiger charge is -2.25. The Kier molecular flexibility index (Phi) is 6.55. The summed E-state index contributed by atoms with van der Waals surface area (Å²) < 4.78 is 37.9. The number of esters is 2. The maximum absolute atomic E-state index is 13.3. The second kappa shape index (κ2) is 8.21. The van der Waals surface area contributed by atoms with Crippen LogP contribution in [0, 0.1) is 20.8 Å². The maximum atomic E-state index is 13.3. The summed E-state index contributed by atoms with van der Waals surface area (Å²) >= 11 is 0. The molecule has 1 aromatic carbocycles. The van der Waals surface area contributed by atoms with Crippen LogP contribution >= 0.6 is 0 Å². The van der Waals surface area contributed by atoms with Gasteiger partial charge in [-0.2, -0.15) is 4.31 Å². The zero-order chi connectivity index (χ0) is 21.3. The van der Waals surface area contributed by atoms with Crippen molar-refractivity contribution in [1.82, 2.24) is 4.31 Å². The molecule has 0 amide bonds. The van der Waals surface area contributed by atoms with Crippen molar-refractivity contribution in [3.63, 3.8) is 0 Å². The summed E-state index contributed by atoms with van der Waals surface area (Å²) in [5, 5.41) is 0. The van der Waals surface area contributed by atoms with Crippen LogP contribution in [-0.4, -0.2) is 49.5 Å². The topological polar surface area (TPSA) is 90.0 Å². The Bertz CT molecular complexity index is 846. The fourth-order valence-electron chi connectivity index (χ4n) is 3.55. The van der Waals surface area contributed by atoms with E-state index in [0.717, 1.165) is 5.56 Å². The van der Waals surface area contributed by atoms with Crippen molar-refractivity contribution in [2.75, 3.05) is 13.2 Å². The lowest BCUT2D eigenvalue weighted by atomic mass is 10.1. The monoisotopic (exact) mass is 411 g/mol. The number of benzene rings is 1. The number of aryl methyl sites for hydroxylation is 3. The number of carbonyl (C=O) groups is 2. The normalized spacial score (nSPS) is 18.1. The lowest BCUT2D eigenvalue weighted by molar-refractivity contribution is -0.167. The Hall–Kier alpha value is -1.93. The molecule has 1 heterocycles. The number of carbonyl (C=O) groups excluding carboxylic acids is 2. The zero-order valence-corrected chi connectivity index (χ0v) is 18.2. The van der Waals surface area contributed by atoms with Gasteiger partial charge in [-0.15, -0.1) is 0 Å². The van der Waals surface area contributed by atoms with Gasteiger partial charge in [-0.1, -0.05) is 17.7 Å². The van der Waals surface area contributed by atoms with Crippen LogP contribution in [0.15, 0.2) is 17.0 Å². The van der Waals surface area contributed by atoms with E-state index in [4.69, 9.17) is 9.47 Å². The number of sulfonamides is 1. The summed E-state index contributed by atoms with van der Waals surface area (Å²) in [5.74, 6) is -1.40. The number of ether oxygens (including phenoxy) is 2. The Labute approximate surface area is 167 Å². The molecule has 156 valence electrons. The third-order valence-corrected chi connectivity index (χ3v) is 6.61. The average Bonchev–Trinajstić information content (AvgIpc) is 3.00. The van der Waals surface area contributed by atoms with E-state index in [2.05, 4.69) is 0 Å². The summed E-state index contributed by atoms with van der Waals surface area (Å²) in [5.41, 5.74) is 1.58. The molecular formula is C20H29NO6S. The first-order chi connectivity index (χ1) is 12.8. The highest BCUT2D eigenvalue weighted by Crippen LogP contribution is 2.31. The lowest BCUT2D eigenvalue weighted by Crippen LogP contribution is -2.42. The molecule has 8 heteroatoms. The van der Waals surface area contributed by atoms with Gasteiger partial charge in [0, 0.05) is 6.54 Å². The van der Waals surface area contributed by atoms with Crippen LogP contribution in [0.25, 0.3) is 0 Å². The van der Waals surface area contributed by atoms with E-state index in [-0.39, 0.29) is 11.4 Å². The minimum Gasteiger partial charge on any atom is -0.457 e. The van der Waals surface area contributed by atoms with Gasteiger partial charge in [-0.05, 0) is 65.5 Å². The summed E-state index contributed by atoms with van der Waals surface area (Å²) in [6.45, 7) is 10.2. The van der Waals surface area contributed by atoms with E-state index < -0.39 is 40.2 Å². The van der Waals surface area contributed by atoms with Crippen molar-refractivity contribution in [2.45, 2.75) is 70.9 Å². The molecule has 2 rings (SSSR count). The van der Waals surface area contributed by atoms with Crippen LogP contribution in [0.5, 0.6) is 0 Å². The Balaban J connectivity index is 2.18. The van der Waals surface area contributed by atoms with Crippen LogP contribution in [0.2, 0.25) is 0 Å². The van der Waals surface area contributed by atoms with Crippen molar-refractivity contribution in [3.8, 4) is 0 Å². The molecule has 0 N–H and O–H groups in total. The average molecular weight is 412 g/mol. The largest absolute Gasteiger partial charge is 0.457 e. The molecule has 0 spiro atoms. The Morgan fingerprint density at radius 3 is 2.25 bits per heavy atom. The molecule has 1 aliphatic heterocycles. The minimum absolute atomic E-state index is 0.227. The van der Waals surface area contributed by atoms with Gasteiger partial charge in [-0.3, -0.25) is 4.79 Å². The van der Waals surface area contributed by atoms with Gasteiger partial charge in [0.1, 0.15) is 11.6 Å². The van der Waals surface area contributed by atoms with Crippen LogP contribution in [0.3, 0.4) is 0 Å². The second-order valence-electron chi connectivity index (χ2n) is 8.20. The molecule has 7 nitrogen and oxygen atoms in total. The predicted octanol–water partition coefficient (Wildman–Crippen LogP) is 2.65. The smallest absolute Gasteiger partial charge is 0.344 e. The number of rotatable bonds is 5. The van der Waals surface area contributed by atoms with Crippen molar-refractivity contribution in [2.24, 2.45) is 0 Å². The van der Waals surface area contributed by atoms with E-state index in [9.17, 15) is 18.0 Å². The molecule has 0 radical (unpaired) electrons. The first-order valence-electron chi connectivity index (χ1n) is 9.31. The minimum atomic E-state index is -3.86. The van der Waals surface area contributed by atoms with Gasteiger partial charge >= 0.3 is 11.9 Å². The molecule has 0 aliphatic carbocycles. The fraction of sp³-hybridized carbons (Fsp3) is 0.600. The summed E-state index contributed by atoms with van der Waals surface area (Å²) in [6.07, 6.45) is 0.908. The third-order valence-electron chi connectivity index (χ3n) is 4.40. The Morgan fingerprint density at radius 2 is 1.71 bits per heavy atom.